The van der Waals surface area contributed by atoms with Crippen LogP contribution in [0.4, 0.5) is 0 Å². The van der Waals surface area contributed by atoms with Gasteiger partial charge in [0.25, 0.3) is 0 Å². The van der Waals surface area contributed by atoms with E-state index in [2.05, 4.69) is 36.4 Å². The van der Waals surface area contributed by atoms with E-state index in [0.29, 0.717) is 0 Å². The minimum atomic E-state index is -0.864. The van der Waals surface area contributed by atoms with Gasteiger partial charge in [0.05, 0.1) is 6.61 Å². The molecule has 3 fully saturated rings. The highest BCUT2D eigenvalue weighted by Crippen LogP contribution is 2.46. The van der Waals surface area contributed by atoms with Crippen molar-refractivity contribution >= 4 is 0 Å². The average molecular weight is 473 g/mol. The minimum Gasteiger partial charge on any atom is -0.387 e. The fourth-order valence-electron chi connectivity index (χ4n) is 5.85. The number of aliphatic hydroxyl groups excluding tert-OH is 1. The summed E-state index contributed by atoms with van der Waals surface area (Å²) in [5, 5.41) is 11.2. The van der Waals surface area contributed by atoms with E-state index in [0.717, 1.165) is 42.4 Å². The van der Waals surface area contributed by atoms with E-state index >= 15 is 0 Å². The summed E-state index contributed by atoms with van der Waals surface area (Å²) < 4.78 is 25.6. The van der Waals surface area contributed by atoms with Gasteiger partial charge in [0.15, 0.2) is 12.1 Å². The molecule has 35 heavy (non-hydrogen) atoms. The minimum absolute atomic E-state index is 0.187. The van der Waals surface area contributed by atoms with Crippen LogP contribution in [-0.2, 0) is 24.5 Å². The summed E-state index contributed by atoms with van der Waals surface area (Å²) >= 11 is 0. The molecule has 6 rings (SSSR count). The first-order valence-electron chi connectivity index (χ1n) is 12.7. The SMILES string of the molecule is O[C@@H]1[C@H]2OC3(CCCCC3)O[C@H]2O[C@@H]1COC(c1ccccc1)(c1ccccc1)c1ccccc1. The highest BCUT2D eigenvalue weighted by atomic mass is 16.8. The van der Waals surface area contributed by atoms with Crippen LogP contribution in [0.5, 0.6) is 0 Å². The molecule has 1 spiro atoms. The van der Waals surface area contributed by atoms with Crippen LogP contribution in [0.15, 0.2) is 91.0 Å². The molecule has 3 aromatic rings. The normalized spacial score (nSPS) is 27.7. The third-order valence-electron chi connectivity index (χ3n) is 7.60. The Balaban J connectivity index is 1.30. The molecule has 2 heterocycles. The first kappa shape index (κ1) is 22.9. The number of hydrogen-bond donors (Lipinski definition) is 1. The van der Waals surface area contributed by atoms with Crippen molar-refractivity contribution in [1.82, 2.24) is 0 Å². The second-order valence-corrected chi connectivity index (χ2v) is 9.80. The van der Waals surface area contributed by atoms with E-state index in [1.807, 2.05) is 54.6 Å². The topological polar surface area (TPSA) is 57.2 Å². The van der Waals surface area contributed by atoms with Crippen LogP contribution in [0.3, 0.4) is 0 Å². The van der Waals surface area contributed by atoms with Crippen LogP contribution in [0.2, 0.25) is 0 Å². The Bertz CT molecular complexity index is 1000. The Labute approximate surface area is 206 Å². The van der Waals surface area contributed by atoms with Gasteiger partial charge in [-0.05, 0) is 29.5 Å². The van der Waals surface area contributed by atoms with Gasteiger partial charge in [-0.3, -0.25) is 0 Å². The number of ether oxygens (including phenoxy) is 4. The van der Waals surface area contributed by atoms with Crippen LogP contribution >= 0.6 is 0 Å². The lowest BCUT2D eigenvalue weighted by Crippen LogP contribution is -2.42. The lowest BCUT2D eigenvalue weighted by Gasteiger charge is -2.37. The summed E-state index contributed by atoms with van der Waals surface area (Å²) in [5.74, 6) is -0.595. The number of fused-ring (bicyclic) bond motifs is 1. The monoisotopic (exact) mass is 472 g/mol. The molecule has 0 aromatic heterocycles. The maximum absolute atomic E-state index is 11.2. The molecule has 1 aliphatic carbocycles. The molecule has 0 unspecified atom stereocenters. The van der Waals surface area contributed by atoms with Crippen molar-refractivity contribution in [2.75, 3.05) is 6.61 Å². The smallest absolute Gasteiger partial charge is 0.190 e. The zero-order chi connectivity index (χ0) is 23.7. The third kappa shape index (κ3) is 4.11. The lowest BCUT2D eigenvalue weighted by atomic mass is 9.80. The van der Waals surface area contributed by atoms with Crippen LogP contribution in [0.25, 0.3) is 0 Å². The van der Waals surface area contributed by atoms with Crippen molar-refractivity contribution < 1.29 is 24.1 Å². The Morgan fingerprint density at radius 2 is 1.26 bits per heavy atom. The predicted octanol–water partition coefficient (Wildman–Crippen LogP) is 5.16. The van der Waals surface area contributed by atoms with Crippen LogP contribution in [-0.4, -0.2) is 42.1 Å². The Kier molecular flexibility index (Phi) is 6.21. The van der Waals surface area contributed by atoms with Gasteiger partial charge in [0, 0.05) is 12.8 Å². The molecule has 0 bridgehead atoms. The highest BCUT2D eigenvalue weighted by molar-refractivity contribution is 5.47. The second-order valence-electron chi connectivity index (χ2n) is 9.80. The van der Waals surface area contributed by atoms with E-state index in [9.17, 15) is 5.11 Å². The van der Waals surface area contributed by atoms with Gasteiger partial charge in [-0.25, -0.2) is 0 Å². The van der Waals surface area contributed by atoms with E-state index in [4.69, 9.17) is 18.9 Å². The summed E-state index contributed by atoms with van der Waals surface area (Å²) in [6, 6.07) is 30.7. The molecule has 0 amide bonds. The molecule has 182 valence electrons. The predicted molar refractivity (Wildman–Crippen MR) is 132 cm³/mol. The zero-order valence-electron chi connectivity index (χ0n) is 19.8. The molecular weight excluding hydrogens is 440 g/mol. The van der Waals surface area contributed by atoms with Crippen molar-refractivity contribution in [2.45, 2.75) is 68.1 Å². The first-order valence-corrected chi connectivity index (χ1v) is 12.7. The van der Waals surface area contributed by atoms with Gasteiger partial charge in [-0.1, -0.05) is 97.4 Å². The largest absolute Gasteiger partial charge is 0.387 e. The Morgan fingerprint density at radius 1 is 0.743 bits per heavy atom. The third-order valence-corrected chi connectivity index (χ3v) is 7.60. The number of benzene rings is 3. The number of aliphatic hydroxyl groups is 1. The average Bonchev–Trinajstić information content (AvgIpc) is 3.40. The molecule has 2 aliphatic heterocycles. The van der Waals surface area contributed by atoms with E-state index in [-0.39, 0.29) is 6.61 Å². The van der Waals surface area contributed by atoms with Crippen LogP contribution < -0.4 is 0 Å². The van der Waals surface area contributed by atoms with Crippen molar-refractivity contribution in [1.29, 1.82) is 0 Å². The number of rotatable bonds is 6. The van der Waals surface area contributed by atoms with Gasteiger partial charge in [0.1, 0.15) is 23.9 Å². The van der Waals surface area contributed by atoms with E-state index in [1.54, 1.807) is 0 Å². The van der Waals surface area contributed by atoms with Gasteiger partial charge in [-0.15, -0.1) is 0 Å². The molecular formula is C30H32O5. The molecule has 2 saturated heterocycles. The van der Waals surface area contributed by atoms with E-state index < -0.39 is 36.0 Å². The van der Waals surface area contributed by atoms with Crippen molar-refractivity contribution in [3.63, 3.8) is 0 Å². The second kappa shape index (κ2) is 9.49. The summed E-state index contributed by atoms with van der Waals surface area (Å²) in [7, 11) is 0. The Hall–Kier alpha value is -2.54. The Morgan fingerprint density at radius 3 is 1.74 bits per heavy atom. The number of hydrogen-bond acceptors (Lipinski definition) is 5. The first-order chi connectivity index (χ1) is 17.2. The zero-order valence-corrected chi connectivity index (χ0v) is 19.8. The standard InChI is InChI=1S/C30H32O5/c31-26-25(33-28-27(26)34-29(35-28)19-11-4-12-20-29)21-32-30(22-13-5-1-6-14-22,23-15-7-2-8-16-23)24-17-9-3-10-18-24/h1-3,5-10,13-18,25-28,31H,4,11-12,19-21H2/t25-,26+,27-,28-/m1/s1. The lowest BCUT2D eigenvalue weighted by molar-refractivity contribution is -0.251. The fourth-order valence-corrected chi connectivity index (χ4v) is 5.85. The fraction of sp³-hybridized carbons (Fsp3) is 0.400. The van der Waals surface area contributed by atoms with E-state index in [1.165, 1.54) is 6.42 Å². The summed E-state index contributed by atoms with van der Waals surface area (Å²) in [6.45, 7) is 0.187. The summed E-state index contributed by atoms with van der Waals surface area (Å²) in [4.78, 5) is 0. The van der Waals surface area contributed by atoms with Crippen molar-refractivity contribution in [3.05, 3.63) is 108 Å². The molecule has 5 heteroatoms. The van der Waals surface area contributed by atoms with Crippen molar-refractivity contribution in [2.24, 2.45) is 0 Å². The summed E-state index contributed by atoms with van der Waals surface area (Å²) in [6.07, 6.45) is 2.66. The molecule has 1 N–H and O–H groups in total. The van der Waals surface area contributed by atoms with Gasteiger partial charge < -0.3 is 24.1 Å². The maximum atomic E-state index is 11.2. The molecule has 0 radical (unpaired) electrons. The van der Waals surface area contributed by atoms with Gasteiger partial charge in [-0.2, -0.15) is 0 Å². The molecule has 4 atom stereocenters. The molecule has 5 nitrogen and oxygen atoms in total. The molecule has 3 aliphatic rings. The molecule has 1 saturated carbocycles. The van der Waals surface area contributed by atoms with Gasteiger partial charge in [0.2, 0.25) is 0 Å². The molecule has 3 aromatic carbocycles. The highest BCUT2D eigenvalue weighted by Gasteiger charge is 2.57. The van der Waals surface area contributed by atoms with Crippen LogP contribution in [0, 0.1) is 0 Å². The quantitative estimate of drug-likeness (QED) is 0.503. The van der Waals surface area contributed by atoms with Crippen molar-refractivity contribution in [3.8, 4) is 0 Å². The van der Waals surface area contributed by atoms with Crippen LogP contribution in [0.1, 0.15) is 48.8 Å². The van der Waals surface area contributed by atoms with Gasteiger partial charge >= 0.3 is 0 Å². The maximum Gasteiger partial charge on any atom is 0.190 e. The summed E-state index contributed by atoms with van der Waals surface area (Å²) in [5.41, 5.74) is 2.17.